The number of nitrogens with two attached hydrogens (primary N) is 1. The summed E-state index contributed by atoms with van der Waals surface area (Å²) in [5, 5.41) is 1.51. The fourth-order valence-electron chi connectivity index (χ4n) is 5.09. The van der Waals surface area contributed by atoms with Crippen LogP contribution in [0.1, 0.15) is 80.6 Å². The summed E-state index contributed by atoms with van der Waals surface area (Å²) in [6.45, 7) is 17.0. The number of pyridine rings is 1. The lowest BCUT2D eigenvalue weighted by molar-refractivity contribution is -0.134. The van der Waals surface area contributed by atoms with Gasteiger partial charge in [0.25, 0.3) is 5.91 Å². The fraction of sp³-hybridized carbons (Fsp3) is 0.432. The standard InChI is InChI=1S/C12H14N2O.C11H21NO.C10H6F2NO3PS.C2H6.C2H4/c1-14(2)8-9-7-12(15)13-11-6-4-3-5-10(9)11;1-3-4-7-10(2)11(13)12-8-5-6-9-12;11-10(12,17(15)16)6-1-2-7-5(3-6)4-8(18-7)9(13)14;2*1-2/h3-7H,8H2,1-2H3,(H,13,15);10H,3-9H2,1-2H3;1-4H,(H2-,13,14,15,16);1-2H3;1-2H2/p+1. The van der Waals surface area contributed by atoms with Crippen LogP contribution in [0, 0.1) is 5.92 Å². The van der Waals surface area contributed by atoms with E-state index >= 15 is 0 Å². The van der Waals surface area contributed by atoms with Crippen LogP contribution < -0.4 is 11.3 Å². The lowest BCUT2D eigenvalue weighted by Gasteiger charge is -2.19. The number of unbranched alkanes of at least 4 members (excludes halogenated alkanes) is 1. The molecule has 3 heterocycles. The predicted octanol–water partition coefficient (Wildman–Crippen LogP) is 8.64. The number of nitrogens with zero attached hydrogens (tertiary/aromatic N) is 2. The van der Waals surface area contributed by atoms with Crippen LogP contribution >= 0.6 is 19.4 Å². The van der Waals surface area contributed by atoms with Crippen LogP contribution in [0.4, 0.5) is 8.78 Å². The number of alkyl halides is 2. The van der Waals surface area contributed by atoms with E-state index in [9.17, 15) is 27.7 Å². The van der Waals surface area contributed by atoms with Gasteiger partial charge >= 0.3 is 13.7 Å². The van der Waals surface area contributed by atoms with Gasteiger partial charge in [-0.05, 0) is 79.2 Å². The van der Waals surface area contributed by atoms with Crippen LogP contribution in [0.2, 0.25) is 0 Å². The molecule has 1 fully saturated rings. The number of H-pyrrole nitrogens is 1. The second-order valence-electron chi connectivity index (χ2n) is 11.6. The van der Waals surface area contributed by atoms with Gasteiger partial charge in [-0.15, -0.1) is 33.3 Å². The Morgan fingerprint density at radius 1 is 1.10 bits per heavy atom. The maximum absolute atomic E-state index is 13.3. The summed E-state index contributed by atoms with van der Waals surface area (Å²) in [5.74, 6) is -0.0123. The highest BCUT2D eigenvalue weighted by atomic mass is 32.1. The van der Waals surface area contributed by atoms with Crippen molar-refractivity contribution in [3.8, 4) is 0 Å². The molecule has 9 nitrogen and oxygen atoms in total. The van der Waals surface area contributed by atoms with Gasteiger partial charge in [-0.1, -0.05) is 58.7 Å². The Morgan fingerprint density at radius 3 is 2.28 bits per heavy atom. The second-order valence-corrected chi connectivity index (χ2v) is 13.8. The molecule has 5 rings (SSSR count). The molecule has 2 atom stereocenters. The Labute approximate surface area is 299 Å². The highest BCUT2D eigenvalue weighted by Gasteiger charge is 2.53. The fourth-order valence-corrected chi connectivity index (χ4v) is 6.35. The van der Waals surface area contributed by atoms with Gasteiger partial charge in [0, 0.05) is 47.2 Å². The van der Waals surface area contributed by atoms with Crippen molar-refractivity contribution >= 4 is 52.2 Å². The van der Waals surface area contributed by atoms with Gasteiger partial charge in [0.05, 0.1) is 10.4 Å². The maximum atomic E-state index is 13.3. The van der Waals surface area contributed by atoms with Crippen LogP contribution in [0.3, 0.4) is 0 Å². The minimum atomic E-state index is -3.81. The molecule has 0 bridgehead atoms. The van der Waals surface area contributed by atoms with Gasteiger partial charge < -0.3 is 20.5 Å². The summed E-state index contributed by atoms with van der Waals surface area (Å²) in [5.41, 5.74) is 2.65. The third kappa shape index (κ3) is 13.1. The normalized spacial score (nSPS) is 13.1. The molecule has 2 unspecified atom stereocenters. The largest absolute Gasteiger partial charge is 0.589 e. The SMILES string of the molecule is C=C.CC.CCCCC(C)C(=O)N1CCCC1.CN(C)Cc1cc(=O)[nH]c2ccccc12.NC(=O)c1cc2cc(C(F)(F)[P+](=O)O)ccc2s1. The number of fused-ring (bicyclic) bond motifs is 2. The summed E-state index contributed by atoms with van der Waals surface area (Å²) in [6.07, 6.45) is 5.84. The van der Waals surface area contributed by atoms with Crippen LogP contribution in [-0.4, -0.2) is 58.7 Å². The number of hydrogen-bond acceptors (Lipinski definition) is 6. The smallest absolute Gasteiger partial charge is 0.365 e. The number of nitrogens with one attached hydrogen (secondary N) is 1. The molecule has 2 aromatic heterocycles. The van der Waals surface area contributed by atoms with Crippen molar-refractivity contribution in [2.45, 2.75) is 72.0 Å². The number of carbonyl (C=O) groups is 2. The number of halogens is 2. The van der Waals surface area contributed by atoms with Crippen LogP contribution in [0.5, 0.6) is 0 Å². The summed E-state index contributed by atoms with van der Waals surface area (Å²) >= 11 is 1.08. The lowest BCUT2D eigenvalue weighted by Crippen LogP contribution is -2.32. The number of para-hydroxylation sites is 1. The number of amides is 2. The Balaban J connectivity index is 0.000000361. The first kappa shape index (κ1) is 44.2. The number of carbonyl (C=O) groups excluding carboxylic acids is 2. The molecule has 0 saturated carbocycles. The first-order valence-electron chi connectivity index (χ1n) is 16.7. The number of primary amides is 1. The molecule has 50 heavy (non-hydrogen) atoms. The third-order valence-electron chi connectivity index (χ3n) is 7.50. The molecule has 4 aromatic rings. The average Bonchev–Trinajstić information content (AvgIpc) is 3.80. The second kappa shape index (κ2) is 22.1. The molecule has 0 spiro atoms. The summed E-state index contributed by atoms with van der Waals surface area (Å²) in [4.78, 5) is 49.9. The van der Waals surface area contributed by atoms with Gasteiger partial charge in [0.2, 0.25) is 11.5 Å². The highest BCUT2D eigenvalue weighted by Crippen LogP contribution is 2.48. The quantitative estimate of drug-likeness (QED) is 0.116. The Kier molecular flexibility index (Phi) is 19.5. The van der Waals surface area contributed by atoms with Crippen molar-refractivity contribution in [3.63, 3.8) is 0 Å². The van der Waals surface area contributed by atoms with Gasteiger partial charge in [0.15, 0.2) is 0 Å². The molecule has 1 saturated heterocycles. The molecule has 0 radical (unpaired) electrons. The number of hydrogen-bond donors (Lipinski definition) is 3. The monoisotopic (exact) mass is 733 g/mol. The van der Waals surface area contributed by atoms with E-state index in [2.05, 4.69) is 36.9 Å². The Hall–Kier alpha value is -3.83. The zero-order chi connectivity index (χ0) is 38.0. The molecule has 1 aliphatic heterocycles. The van der Waals surface area contributed by atoms with Gasteiger partial charge in [-0.2, -0.15) is 4.89 Å². The van der Waals surface area contributed by atoms with E-state index in [0.29, 0.717) is 16.0 Å². The van der Waals surface area contributed by atoms with Crippen LogP contribution in [0.15, 0.2) is 72.5 Å². The topological polar surface area (TPSA) is 137 Å². The zero-order valence-electron chi connectivity index (χ0n) is 30.0. The number of benzene rings is 2. The molecule has 274 valence electrons. The summed E-state index contributed by atoms with van der Waals surface area (Å²) < 4.78 is 37.9. The molecular weight excluding hydrogens is 681 g/mol. The molecule has 13 heteroatoms. The van der Waals surface area contributed by atoms with E-state index in [4.69, 9.17) is 10.6 Å². The van der Waals surface area contributed by atoms with Crippen molar-refractivity contribution in [2.75, 3.05) is 27.2 Å². The minimum Gasteiger partial charge on any atom is -0.365 e. The van der Waals surface area contributed by atoms with E-state index in [1.165, 1.54) is 37.8 Å². The summed E-state index contributed by atoms with van der Waals surface area (Å²) in [6, 6.07) is 14.4. The zero-order valence-corrected chi connectivity index (χ0v) is 31.7. The van der Waals surface area contributed by atoms with E-state index in [1.807, 2.05) is 57.1 Å². The molecule has 4 N–H and O–H groups in total. The minimum absolute atomic E-state index is 0.0365. The van der Waals surface area contributed by atoms with Gasteiger partial charge in [-0.25, -0.2) is 0 Å². The first-order chi connectivity index (χ1) is 23.7. The molecule has 0 aliphatic carbocycles. The highest BCUT2D eigenvalue weighted by molar-refractivity contribution is 7.39. The number of thiophene rings is 1. The van der Waals surface area contributed by atoms with E-state index in [0.717, 1.165) is 66.0 Å². The number of rotatable bonds is 9. The average molecular weight is 734 g/mol. The summed E-state index contributed by atoms with van der Waals surface area (Å²) in [7, 11) is 0.339. The van der Waals surface area contributed by atoms with E-state index in [-0.39, 0.29) is 16.4 Å². The van der Waals surface area contributed by atoms with Crippen molar-refractivity contribution in [3.05, 3.63) is 94.1 Å². The molecular formula is C37H52F2N4O5PS+. The van der Waals surface area contributed by atoms with E-state index < -0.39 is 25.2 Å². The van der Waals surface area contributed by atoms with Crippen molar-refractivity contribution in [2.24, 2.45) is 11.7 Å². The van der Waals surface area contributed by atoms with Gasteiger partial charge in [0.1, 0.15) is 0 Å². The van der Waals surface area contributed by atoms with Crippen LogP contribution in [0.25, 0.3) is 21.0 Å². The molecule has 2 aromatic carbocycles. The Morgan fingerprint density at radius 2 is 1.72 bits per heavy atom. The number of aromatic nitrogens is 1. The lowest BCUT2D eigenvalue weighted by atomic mass is 10.0. The molecule has 1 aliphatic rings. The third-order valence-corrected chi connectivity index (χ3v) is 9.37. The number of aromatic amines is 1. The predicted molar refractivity (Wildman–Crippen MR) is 203 cm³/mol. The van der Waals surface area contributed by atoms with Crippen molar-refractivity contribution < 1.29 is 27.8 Å². The Bertz CT molecular complexity index is 1740. The molecule has 2 amide bonds. The van der Waals surface area contributed by atoms with Gasteiger partial charge in [-0.3, -0.25) is 14.4 Å². The van der Waals surface area contributed by atoms with Crippen molar-refractivity contribution in [1.82, 2.24) is 14.8 Å². The first-order valence-corrected chi connectivity index (χ1v) is 18.7. The van der Waals surface area contributed by atoms with Crippen LogP contribution in [-0.2, 0) is 21.6 Å². The maximum Gasteiger partial charge on any atom is 0.589 e. The van der Waals surface area contributed by atoms with Crippen molar-refractivity contribution in [1.29, 1.82) is 0 Å². The number of likely N-dealkylation sites (tertiary alicyclic amines) is 1. The van der Waals surface area contributed by atoms with E-state index in [1.54, 1.807) is 6.07 Å².